The number of hydrogen-bond donors (Lipinski definition) is 1. The van der Waals surface area contributed by atoms with Crippen LogP contribution >= 0.6 is 0 Å². The molecule has 8 nitrogen and oxygen atoms in total. The van der Waals surface area contributed by atoms with Crippen molar-refractivity contribution in [1.29, 1.82) is 0 Å². The second-order valence-electron chi connectivity index (χ2n) is 5.01. The first-order valence-corrected chi connectivity index (χ1v) is 7.32. The molecule has 0 spiro atoms. The Morgan fingerprint density at radius 2 is 1.76 bits per heavy atom. The zero-order valence-corrected chi connectivity index (χ0v) is 13.6. The molecule has 0 radical (unpaired) electrons. The van der Waals surface area contributed by atoms with Crippen LogP contribution in [0.2, 0.25) is 0 Å². The number of esters is 1. The highest BCUT2D eigenvalue weighted by molar-refractivity contribution is 6.02. The number of nitro groups is 1. The summed E-state index contributed by atoms with van der Waals surface area (Å²) in [4.78, 5) is 34.4. The van der Waals surface area contributed by atoms with Crippen molar-refractivity contribution < 1.29 is 24.0 Å². The number of carbonyl (C=O) groups is 2. The van der Waals surface area contributed by atoms with Crippen LogP contribution in [0.25, 0.3) is 0 Å². The van der Waals surface area contributed by atoms with Crippen molar-refractivity contribution >= 4 is 23.3 Å². The second-order valence-corrected chi connectivity index (χ2v) is 5.01. The molecule has 2 rings (SSSR count). The molecular formula is C17H16N2O6. The van der Waals surface area contributed by atoms with Crippen LogP contribution in [0.1, 0.15) is 17.3 Å². The van der Waals surface area contributed by atoms with Crippen molar-refractivity contribution in [3.63, 3.8) is 0 Å². The second kappa shape index (κ2) is 7.91. The molecule has 1 N–H and O–H groups in total. The lowest BCUT2D eigenvalue weighted by Crippen LogP contribution is -2.31. The first kappa shape index (κ1) is 17.9. The predicted octanol–water partition coefficient (Wildman–Crippen LogP) is 2.79. The lowest BCUT2D eigenvalue weighted by Gasteiger charge is -2.16. The van der Waals surface area contributed by atoms with Crippen LogP contribution in [0, 0.1) is 10.1 Å². The number of nitrogens with zero attached hydrogens (tertiary/aromatic N) is 1. The number of carbonyl (C=O) groups excluding carboxylic acids is 2. The molecule has 8 heteroatoms. The van der Waals surface area contributed by atoms with Crippen molar-refractivity contribution in [3.05, 3.63) is 64.2 Å². The van der Waals surface area contributed by atoms with Gasteiger partial charge in [-0.25, -0.2) is 4.79 Å². The van der Waals surface area contributed by atoms with Gasteiger partial charge in [0.1, 0.15) is 0 Å². The number of methoxy groups -OCH3 is 1. The Kier molecular flexibility index (Phi) is 5.67. The van der Waals surface area contributed by atoms with Gasteiger partial charge >= 0.3 is 11.7 Å². The molecule has 1 amide bonds. The van der Waals surface area contributed by atoms with Crippen LogP contribution in [0.3, 0.4) is 0 Å². The van der Waals surface area contributed by atoms with Gasteiger partial charge in [0.25, 0.3) is 5.91 Å². The number of amides is 1. The average Bonchev–Trinajstić information content (AvgIpc) is 2.61. The quantitative estimate of drug-likeness (QED) is 0.490. The molecule has 130 valence electrons. The van der Waals surface area contributed by atoms with Crippen molar-refractivity contribution in [2.24, 2.45) is 0 Å². The largest absolute Gasteiger partial charge is 0.474 e. The third-order valence-electron chi connectivity index (χ3n) is 3.33. The highest BCUT2D eigenvalue weighted by Gasteiger charge is 2.22. The van der Waals surface area contributed by atoms with Crippen LogP contribution in [-0.4, -0.2) is 30.0 Å². The lowest BCUT2D eigenvalue weighted by atomic mass is 10.1. The minimum atomic E-state index is -1.02. The highest BCUT2D eigenvalue weighted by atomic mass is 16.6. The molecule has 0 bridgehead atoms. The Morgan fingerprint density at radius 1 is 1.12 bits per heavy atom. The number of benzene rings is 2. The maximum atomic E-state index is 12.3. The van der Waals surface area contributed by atoms with Crippen LogP contribution in [-0.2, 0) is 9.53 Å². The molecule has 0 aromatic heterocycles. The Balaban J connectivity index is 2.15. The Hall–Kier alpha value is -3.42. The van der Waals surface area contributed by atoms with Gasteiger partial charge < -0.3 is 14.8 Å². The fraction of sp³-hybridized carbons (Fsp3) is 0.176. The molecule has 0 saturated carbocycles. The summed E-state index contributed by atoms with van der Waals surface area (Å²) >= 11 is 0. The third kappa shape index (κ3) is 4.31. The van der Waals surface area contributed by atoms with Crippen molar-refractivity contribution in [1.82, 2.24) is 0 Å². The Bertz CT molecular complexity index is 805. The van der Waals surface area contributed by atoms with Gasteiger partial charge in [0.05, 0.1) is 23.3 Å². The highest BCUT2D eigenvalue weighted by Crippen LogP contribution is 2.27. The van der Waals surface area contributed by atoms with Crippen LogP contribution in [0.15, 0.2) is 48.5 Å². The standard InChI is InChI=1S/C17H16N2O6/c1-11(25-15-10-6-5-9-14(15)19(22)23)16(20)18-13-8-4-3-7-12(13)17(21)24-2/h3-11H,1-2H3,(H,18,20). The van der Waals surface area contributed by atoms with Crippen molar-refractivity contribution in [2.75, 3.05) is 12.4 Å². The molecule has 1 atom stereocenters. The number of hydrogen-bond acceptors (Lipinski definition) is 6. The van der Waals surface area contributed by atoms with Gasteiger partial charge in [0, 0.05) is 6.07 Å². The summed E-state index contributed by atoms with van der Waals surface area (Å²) < 4.78 is 10.1. The Labute approximate surface area is 143 Å². The fourth-order valence-corrected chi connectivity index (χ4v) is 2.07. The van der Waals surface area contributed by atoms with E-state index in [4.69, 9.17) is 4.74 Å². The number of nitro benzene ring substituents is 1. The average molecular weight is 344 g/mol. The summed E-state index contributed by atoms with van der Waals surface area (Å²) in [6.07, 6.45) is -1.02. The van der Waals surface area contributed by atoms with Gasteiger partial charge in [-0.1, -0.05) is 24.3 Å². The normalized spacial score (nSPS) is 11.3. The van der Waals surface area contributed by atoms with Crippen molar-refractivity contribution in [3.8, 4) is 5.75 Å². The van der Waals surface area contributed by atoms with Crippen LogP contribution < -0.4 is 10.1 Å². The maximum Gasteiger partial charge on any atom is 0.339 e. The molecule has 0 aliphatic rings. The molecule has 2 aromatic carbocycles. The van der Waals surface area contributed by atoms with Gasteiger partial charge in [0.15, 0.2) is 11.9 Å². The fourth-order valence-electron chi connectivity index (χ4n) is 2.07. The molecule has 0 heterocycles. The van der Waals surface area contributed by atoms with Gasteiger partial charge in [-0.15, -0.1) is 0 Å². The van der Waals surface area contributed by atoms with E-state index in [9.17, 15) is 19.7 Å². The minimum absolute atomic E-state index is 0.0172. The third-order valence-corrected chi connectivity index (χ3v) is 3.33. The molecule has 25 heavy (non-hydrogen) atoms. The maximum absolute atomic E-state index is 12.3. The summed E-state index contributed by atoms with van der Waals surface area (Å²) in [5.74, 6) is -1.17. The summed E-state index contributed by atoms with van der Waals surface area (Å²) in [7, 11) is 1.24. The smallest absolute Gasteiger partial charge is 0.339 e. The van der Waals surface area contributed by atoms with E-state index < -0.39 is 22.9 Å². The van der Waals surface area contributed by atoms with Gasteiger partial charge in [-0.2, -0.15) is 0 Å². The van der Waals surface area contributed by atoms with Gasteiger partial charge in [-0.3, -0.25) is 14.9 Å². The summed E-state index contributed by atoms with van der Waals surface area (Å²) in [5.41, 5.74) is 0.214. The van der Waals surface area contributed by atoms with Gasteiger partial charge in [0.2, 0.25) is 0 Å². The van der Waals surface area contributed by atoms with E-state index in [1.807, 2.05) is 0 Å². The molecule has 1 unspecified atom stereocenters. The number of nitrogens with one attached hydrogen (secondary N) is 1. The molecular weight excluding hydrogens is 328 g/mol. The van der Waals surface area contributed by atoms with E-state index in [2.05, 4.69) is 10.1 Å². The topological polar surface area (TPSA) is 108 Å². The van der Waals surface area contributed by atoms with E-state index in [0.29, 0.717) is 0 Å². The van der Waals surface area contributed by atoms with E-state index in [1.165, 1.54) is 38.3 Å². The molecule has 0 aliphatic carbocycles. The predicted molar refractivity (Wildman–Crippen MR) is 89.6 cm³/mol. The van der Waals surface area contributed by atoms with E-state index in [0.717, 1.165) is 0 Å². The Morgan fingerprint density at radius 3 is 2.44 bits per heavy atom. The lowest BCUT2D eigenvalue weighted by molar-refractivity contribution is -0.386. The van der Waals surface area contributed by atoms with Crippen LogP contribution in [0.4, 0.5) is 11.4 Å². The first-order valence-electron chi connectivity index (χ1n) is 7.32. The van der Waals surface area contributed by atoms with E-state index >= 15 is 0 Å². The number of para-hydroxylation sites is 3. The monoisotopic (exact) mass is 344 g/mol. The zero-order valence-electron chi connectivity index (χ0n) is 13.6. The molecule has 0 fully saturated rings. The molecule has 2 aromatic rings. The van der Waals surface area contributed by atoms with Crippen LogP contribution in [0.5, 0.6) is 5.75 Å². The number of anilines is 1. The SMILES string of the molecule is COC(=O)c1ccccc1NC(=O)C(C)Oc1ccccc1[N+](=O)[O-]. The first-order chi connectivity index (χ1) is 11.9. The minimum Gasteiger partial charge on any atom is -0.474 e. The summed E-state index contributed by atoms with van der Waals surface area (Å²) in [5, 5.41) is 13.6. The van der Waals surface area contributed by atoms with Crippen molar-refractivity contribution in [2.45, 2.75) is 13.0 Å². The van der Waals surface area contributed by atoms with E-state index in [-0.39, 0.29) is 22.7 Å². The number of ether oxygens (including phenoxy) is 2. The zero-order chi connectivity index (χ0) is 18.4. The van der Waals surface area contributed by atoms with Gasteiger partial charge in [-0.05, 0) is 25.1 Å². The molecule has 0 aliphatic heterocycles. The van der Waals surface area contributed by atoms with E-state index in [1.54, 1.807) is 24.3 Å². The summed E-state index contributed by atoms with van der Waals surface area (Å²) in [6.45, 7) is 1.45. The number of rotatable bonds is 6. The summed E-state index contributed by atoms with van der Waals surface area (Å²) in [6, 6.07) is 12.1. The molecule has 0 saturated heterocycles.